The molecular weight excluding hydrogens is 517 g/mol. The number of carbonyl (C=O) groups excluding carboxylic acids is 1. The molecule has 1 aliphatic carbocycles. The van der Waals surface area contributed by atoms with Crippen molar-refractivity contribution in [2.45, 2.75) is 31.4 Å². The van der Waals surface area contributed by atoms with Crippen molar-refractivity contribution in [2.24, 2.45) is 0 Å². The van der Waals surface area contributed by atoms with Crippen molar-refractivity contribution < 1.29 is 36.4 Å². The number of aromatic nitrogens is 3. The molecule has 1 fully saturated rings. The maximum Gasteiger partial charge on any atom is 0.416 e. The fourth-order valence-corrected chi connectivity index (χ4v) is 3.76. The number of nitrogens with zero attached hydrogens (tertiary/aromatic N) is 4. The summed E-state index contributed by atoms with van der Waals surface area (Å²) in [6.45, 7) is 0. The molecule has 196 valence electrons. The molecule has 2 aromatic carbocycles. The van der Waals surface area contributed by atoms with E-state index in [4.69, 9.17) is 4.74 Å². The van der Waals surface area contributed by atoms with E-state index in [2.05, 4.69) is 15.4 Å². The van der Waals surface area contributed by atoms with Crippen LogP contribution in [0.4, 0.5) is 33.3 Å². The number of nitrogens with one attached hydrogen (secondary N) is 1. The minimum atomic E-state index is -4.63. The Hall–Kier alpha value is -4.62. The Labute approximate surface area is 210 Å². The number of carbonyl (C=O) groups is 1. The second-order valence-corrected chi connectivity index (χ2v) is 8.53. The Kier molecular flexibility index (Phi) is 6.17. The fraction of sp³-hybridized carbons (Fsp3) is 0.208. The quantitative estimate of drug-likeness (QED) is 0.165. The number of hydrogen-bond donors (Lipinski definition) is 1. The van der Waals surface area contributed by atoms with Crippen molar-refractivity contribution in [3.63, 3.8) is 0 Å². The smallest absolute Gasteiger partial charge is 0.416 e. The van der Waals surface area contributed by atoms with Gasteiger partial charge in [-0.25, -0.2) is 18.3 Å². The van der Waals surface area contributed by atoms with E-state index in [-0.39, 0.29) is 34.4 Å². The number of ether oxygens (including phenoxy) is 1. The summed E-state index contributed by atoms with van der Waals surface area (Å²) in [5.41, 5.74) is -1.82. The van der Waals surface area contributed by atoms with Crippen LogP contribution in [-0.4, -0.2) is 25.4 Å². The van der Waals surface area contributed by atoms with Crippen LogP contribution >= 0.6 is 0 Å². The van der Waals surface area contributed by atoms with Crippen LogP contribution in [-0.2, 0) is 6.18 Å². The topological polar surface area (TPSA) is 112 Å². The minimum Gasteiger partial charge on any atom is -0.457 e. The van der Waals surface area contributed by atoms with Gasteiger partial charge >= 0.3 is 6.18 Å². The van der Waals surface area contributed by atoms with E-state index in [0.717, 1.165) is 53.8 Å². The van der Waals surface area contributed by atoms with Crippen LogP contribution in [0.3, 0.4) is 0 Å². The Bertz CT molecular complexity index is 1570. The number of nitro groups is 1. The van der Waals surface area contributed by atoms with Gasteiger partial charge in [0.1, 0.15) is 17.2 Å². The standard InChI is InChI=1S/C24H16F5N5O4/c25-22(26)20-10-18(12-4-5-12)31-21-11-19(32-33(20)21)23(35)30-14-7-15(34(36)37)9-17(8-14)38-16-3-1-2-13(6-16)24(27,28)29/h1-3,6-12,22H,4-5H2,(H,30,35). The molecule has 2 heterocycles. The molecule has 1 saturated carbocycles. The van der Waals surface area contributed by atoms with Gasteiger partial charge in [-0.3, -0.25) is 14.9 Å². The van der Waals surface area contributed by atoms with Crippen LogP contribution < -0.4 is 10.1 Å². The predicted octanol–water partition coefficient (Wildman–Crippen LogP) is 6.52. The van der Waals surface area contributed by atoms with Crippen molar-refractivity contribution in [3.05, 3.63) is 87.4 Å². The number of rotatable bonds is 7. The third-order valence-corrected chi connectivity index (χ3v) is 5.68. The van der Waals surface area contributed by atoms with Crippen LogP contribution in [0.25, 0.3) is 5.65 Å². The molecule has 1 amide bonds. The highest BCUT2D eigenvalue weighted by Crippen LogP contribution is 2.40. The monoisotopic (exact) mass is 533 g/mol. The first kappa shape index (κ1) is 25.0. The van der Waals surface area contributed by atoms with Gasteiger partial charge in [0.05, 0.1) is 22.2 Å². The molecule has 2 aromatic heterocycles. The van der Waals surface area contributed by atoms with E-state index in [1.54, 1.807) is 0 Å². The molecule has 0 saturated heterocycles. The molecule has 0 aliphatic heterocycles. The molecule has 1 aliphatic rings. The summed E-state index contributed by atoms with van der Waals surface area (Å²) >= 11 is 0. The molecule has 0 spiro atoms. The van der Waals surface area contributed by atoms with E-state index in [0.29, 0.717) is 5.69 Å². The van der Waals surface area contributed by atoms with Crippen molar-refractivity contribution in [1.29, 1.82) is 0 Å². The highest BCUT2D eigenvalue weighted by Gasteiger charge is 2.31. The average Bonchev–Trinajstić information content (AvgIpc) is 3.61. The van der Waals surface area contributed by atoms with Gasteiger partial charge in [0.2, 0.25) is 0 Å². The molecule has 5 rings (SSSR count). The van der Waals surface area contributed by atoms with E-state index >= 15 is 0 Å². The van der Waals surface area contributed by atoms with E-state index in [9.17, 15) is 36.9 Å². The summed E-state index contributed by atoms with van der Waals surface area (Å²) in [5.74, 6) is -1.27. The van der Waals surface area contributed by atoms with Crippen LogP contribution in [0.5, 0.6) is 11.5 Å². The molecule has 1 N–H and O–H groups in total. The summed E-state index contributed by atoms with van der Waals surface area (Å²) in [7, 11) is 0. The minimum absolute atomic E-state index is 0.0439. The number of hydrogen-bond acceptors (Lipinski definition) is 6. The fourth-order valence-electron chi connectivity index (χ4n) is 3.76. The van der Waals surface area contributed by atoms with E-state index in [1.807, 2.05) is 0 Å². The highest BCUT2D eigenvalue weighted by atomic mass is 19.4. The lowest BCUT2D eigenvalue weighted by Crippen LogP contribution is -2.13. The number of anilines is 1. The molecule has 0 atom stereocenters. The number of amides is 1. The zero-order valence-electron chi connectivity index (χ0n) is 19.1. The molecule has 38 heavy (non-hydrogen) atoms. The molecule has 9 nitrogen and oxygen atoms in total. The molecule has 4 aromatic rings. The second-order valence-electron chi connectivity index (χ2n) is 8.53. The number of benzene rings is 2. The SMILES string of the molecule is O=C(Nc1cc(Oc2cccc(C(F)(F)F)c2)cc([N+](=O)[O-])c1)c1cc2nc(C3CC3)cc(C(F)F)n2n1. The summed E-state index contributed by atoms with van der Waals surface area (Å²) in [6, 6.07) is 9.49. The Morgan fingerprint density at radius 1 is 1.11 bits per heavy atom. The van der Waals surface area contributed by atoms with Crippen LogP contribution in [0.15, 0.2) is 54.6 Å². The van der Waals surface area contributed by atoms with Gasteiger partial charge in [-0.05, 0) is 37.1 Å². The number of alkyl halides is 5. The van der Waals surface area contributed by atoms with Crippen molar-refractivity contribution in [2.75, 3.05) is 5.32 Å². The lowest BCUT2D eigenvalue weighted by Gasteiger charge is -2.11. The summed E-state index contributed by atoms with van der Waals surface area (Å²) in [4.78, 5) is 27.8. The zero-order chi connectivity index (χ0) is 27.2. The van der Waals surface area contributed by atoms with Gasteiger partial charge in [0.25, 0.3) is 18.0 Å². The molecule has 0 radical (unpaired) electrons. The van der Waals surface area contributed by atoms with Gasteiger partial charge in [0.15, 0.2) is 11.3 Å². The normalized spacial score (nSPS) is 13.6. The van der Waals surface area contributed by atoms with E-state index in [1.165, 1.54) is 18.2 Å². The summed E-state index contributed by atoms with van der Waals surface area (Å²) in [6.07, 6.45) is -5.86. The maximum atomic E-state index is 13.6. The van der Waals surface area contributed by atoms with Gasteiger partial charge < -0.3 is 10.1 Å². The Morgan fingerprint density at radius 3 is 2.53 bits per heavy atom. The third-order valence-electron chi connectivity index (χ3n) is 5.68. The maximum absolute atomic E-state index is 13.6. The van der Waals surface area contributed by atoms with Crippen LogP contribution in [0.2, 0.25) is 0 Å². The molecular formula is C24H16F5N5O4. The van der Waals surface area contributed by atoms with Crippen LogP contribution in [0, 0.1) is 10.1 Å². The van der Waals surface area contributed by atoms with Gasteiger partial charge in [-0.1, -0.05) is 6.07 Å². The Balaban J connectivity index is 1.44. The predicted molar refractivity (Wildman–Crippen MR) is 122 cm³/mol. The van der Waals surface area contributed by atoms with E-state index < -0.39 is 40.4 Å². The van der Waals surface area contributed by atoms with Gasteiger partial charge in [0, 0.05) is 29.8 Å². The first-order valence-electron chi connectivity index (χ1n) is 11.1. The van der Waals surface area contributed by atoms with Gasteiger partial charge in [-0.15, -0.1) is 0 Å². The van der Waals surface area contributed by atoms with Gasteiger partial charge in [-0.2, -0.15) is 18.3 Å². The lowest BCUT2D eigenvalue weighted by atomic mass is 10.2. The molecule has 0 unspecified atom stereocenters. The largest absolute Gasteiger partial charge is 0.457 e. The first-order valence-corrected chi connectivity index (χ1v) is 11.1. The number of non-ortho nitro benzene ring substituents is 1. The summed E-state index contributed by atoms with van der Waals surface area (Å²) < 4.78 is 72.5. The highest BCUT2D eigenvalue weighted by molar-refractivity contribution is 6.03. The van der Waals surface area contributed by atoms with Crippen molar-refractivity contribution in [3.8, 4) is 11.5 Å². The zero-order valence-corrected chi connectivity index (χ0v) is 19.1. The summed E-state index contributed by atoms with van der Waals surface area (Å²) in [5, 5.41) is 17.7. The average molecular weight is 533 g/mol. The lowest BCUT2D eigenvalue weighted by molar-refractivity contribution is -0.384. The van der Waals surface area contributed by atoms with Crippen LogP contribution in [0.1, 0.15) is 52.6 Å². The molecule has 14 heteroatoms. The number of halogens is 5. The number of nitro benzene ring substituents is 1. The first-order chi connectivity index (χ1) is 18.0. The van der Waals surface area contributed by atoms with Crippen molar-refractivity contribution >= 4 is 22.9 Å². The Morgan fingerprint density at radius 2 is 1.87 bits per heavy atom. The second kappa shape index (κ2) is 9.36. The van der Waals surface area contributed by atoms with Crippen molar-refractivity contribution in [1.82, 2.24) is 14.6 Å². The number of fused-ring (bicyclic) bond motifs is 1. The molecule has 0 bridgehead atoms. The third kappa shape index (κ3) is 5.23.